The number of nitrogens with one attached hydrogen (secondary N) is 1. The van der Waals surface area contributed by atoms with E-state index in [9.17, 15) is 23.1 Å². The number of thioether (sulfide) groups is 1. The number of carbonyl (C=O) groups is 1. The minimum Gasteiger partial charge on any atom is -0.396 e. The van der Waals surface area contributed by atoms with Crippen LogP contribution in [0.25, 0.3) is 0 Å². The van der Waals surface area contributed by atoms with Crippen molar-refractivity contribution in [2.45, 2.75) is 43.8 Å². The molecule has 32 heavy (non-hydrogen) atoms. The van der Waals surface area contributed by atoms with Crippen LogP contribution in [0.2, 0.25) is 5.02 Å². The second kappa shape index (κ2) is 10.5. The maximum absolute atomic E-state index is 13.4. The Morgan fingerprint density at radius 2 is 1.84 bits per heavy atom. The zero-order valence-corrected chi connectivity index (χ0v) is 19.7. The van der Waals surface area contributed by atoms with Crippen LogP contribution in [-0.2, 0) is 0 Å². The number of amides is 1. The van der Waals surface area contributed by atoms with Crippen LogP contribution < -0.4 is 5.32 Å². The van der Waals surface area contributed by atoms with E-state index in [1.54, 1.807) is 23.9 Å². The number of hydrogen-bond acceptors (Lipinski definition) is 3. The van der Waals surface area contributed by atoms with Crippen LogP contribution in [0, 0.1) is 41.1 Å². The van der Waals surface area contributed by atoms with E-state index in [0.717, 1.165) is 29.9 Å². The molecule has 2 aromatic carbocycles. The molecule has 0 aliphatic heterocycles. The molecule has 2 N–H and O–H groups in total. The lowest BCUT2D eigenvalue weighted by molar-refractivity contribution is 0.0666. The van der Waals surface area contributed by atoms with E-state index in [-0.39, 0.29) is 29.0 Å². The van der Waals surface area contributed by atoms with Crippen molar-refractivity contribution in [2.75, 3.05) is 11.9 Å². The van der Waals surface area contributed by atoms with Crippen LogP contribution in [-0.4, -0.2) is 22.9 Å². The second-order valence-electron chi connectivity index (χ2n) is 8.80. The normalized spacial score (nSPS) is 23.4. The lowest BCUT2D eigenvalue weighted by Gasteiger charge is -2.41. The topological polar surface area (TPSA) is 49.3 Å². The molecular formula is C24H27ClF3NO2S. The van der Waals surface area contributed by atoms with E-state index in [1.807, 2.05) is 0 Å². The molecule has 0 bridgehead atoms. The monoisotopic (exact) mass is 485 g/mol. The van der Waals surface area contributed by atoms with Crippen LogP contribution in [0.3, 0.4) is 0 Å². The van der Waals surface area contributed by atoms with Crippen molar-refractivity contribution in [3.05, 3.63) is 58.4 Å². The molecule has 174 valence electrons. The van der Waals surface area contributed by atoms with Crippen molar-refractivity contribution >= 4 is 35.0 Å². The Balaban J connectivity index is 1.76. The number of rotatable bonds is 6. The van der Waals surface area contributed by atoms with Crippen molar-refractivity contribution in [1.82, 2.24) is 0 Å². The lowest BCUT2D eigenvalue weighted by Crippen LogP contribution is -2.37. The third kappa shape index (κ3) is 5.61. The minimum atomic E-state index is -1.59. The van der Waals surface area contributed by atoms with Crippen molar-refractivity contribution in [1.29, 1.82) is 0 Å². The van der Waals surface area contributed by atoms with Gasteiger partial charge in [-0.15, -0.1) is 11.8 Å². The van der Waals surface area contributed by atoms with Crippen LogP contribution >= 0.6 is 23.4 Å². The third-order valence-corrected chi connectivity index (χ3v) is 8.00. The average Bonchev–Trinajstić information content (AvgIpc) is 2.73. The Bertz CT molecular complexity index is 965. The van der Waals surface area contributed by atoms with Crippen molar-refractivity contribution < 1.29 is 23.1 Å². The largest absolute Gasteiger partial charge is 0.396 e. The molecule has 0 heterocycles. The minimum absolute atomic E-state index is 0.175. The molecule has 3 rings (SSSR count). The summed E-state index contributed by atoms with van der Waals surface area (Å²) in [6.07, 6.45) is 1.87. The van der Waals surface area contributed by atoms with Gasteiger partial charge >= 0.3 is 0 Å². The SMILES string of the molecule is CC(C)C1CC(Sc2cc(C(=O)Nc3cc(F)c(F)c(F)c3)ccc2Cl)CC(C)C1CO. The summed E-state index contributed by atoms with van der Waals surface area (Å²) in [6, 6.07) is 6.27. The van der Waals surface area contributed by atoms with E-state index in [0.29, 0.717) is 22.8 Å². The first-order valence-corrected chi connectivity index (χ1v) is 11.9. The third-order valence-electron chi connectivity index (χ3n) is 6.25. The number of aliphatic hydroxyl groups excluding tert-OH is 1. The first-order valence-electron chi connectivity index (χ1n) is 10.6. The summed E-state index contributed by atoms with van der Waals surface area (Å²) in [5.74, 6) is -3.43. The highest BCUT2D eigenvalue weighted by Crippen LogP contribution is 2.46. The van der Waals surface area contributed by atoms with Gasteiger partial charge in [0.15, 0.2) is 17.5 Å². The molecule has 4 atom stereocenters. The van der Waals surface area contributed by atoms with E-state index in [2.05, 4.69) is 26.1 Å². The average molecular weight is 486 g/mol. The number of benzene rings is 2. The molecule has 1 amide bonds. The van der Waals surface area contributed by atoms with E-state index < -0.39 is 23.4 Å². The van der Waals surface area contributed by atoms with E-state index in [1.165, 1.54) is 6.07 Å². The molecule has 1 fully saturated rings. The summed E-state index contributed by atoms with van der Waals surface area (Å²) in [6.45, 7) is 6.69. The maximum Gasteiger partial charge on any atom is 0.255 e. The van der Waals surface area contributed by atoms with E-state index in [4.69, 9.17) is 11.6 Å². The first-order chi connectivity index (χ1) is 15.1. The summed E-state index contributed by atoms with van der Waals surface area (Å²) >= 11 is 8.01. The molecule has 4 unspecified atom stereocenters. The zero-order chi connectivity index (χ0) is 23.6. The molecule has 0 saturated heterocycles. The number of anilines is 1. The fourth-order valence-corrected chi connectivity index (χ4v) is 6.21. The zero-order valence-electron chi connectivity index (χ0n) is 18.2. The number of aliphatic hydroxyl groups is 1. The van der Waals surface area contributed by atoms with Crippen LogP contribution in [0.15, 0.2) is 35.2 Å². The van der Waals surface area contributed by atoms with Gasteiger partial charge in [0.05, 0.1) is 5.02 Å². The standard InChI is InChI=1S/C24H27ClF3NO2S/c1-12(2)17-10-16(6-13(3)18(17)11-30)32-22-7-14(4-5-19(22)25)24(31)29-15-8-20(26)23(28)21(27)9-15/h4-5,7-9,12-13,16-18,30H,6,10-11H2,1-3H3,(H,29,31). The molecule has 1 aliphatic carbocycles. The number of halogens is 4. The van der Waals surface area contributed by atoms with E-state index >= 15 is 0 Å². The lowest BCUT2D eigenvalue weighted by atomic mass is 9.68. The Hall–Kier alpha value is -1.70. The fourth-order valence-electron chi connectivity index (χ4n) is 4.51. The van der Waals surface area contributed by atoms with Gasteiger partial charge in [0.25, 0.3) is 5.91 Å². The van der Waals surface area contributed by atoms with Crippen molar-refractivity contribution in [3.63, 3.8) is 0 Å². The Kier molecular flexibility index (Phi) is 8.17. The molecule has 8 heteroatoms. The van der Waals surface area contributed by atoms with Crippen LogP contribution in [0.4, 0.5) is 18.9 Å². The molecule has 3 nitrogen and oxygen atoms in total. The Morgan fingerprint density at radius 3 is 2.44 bits per heavy atom. The molecule has 1 aliphatic rings. The van der Waals surface area contributed by atoms with Crippen molar-refractivity contribution in [3.8, 4) is 0 Å². The molecule has 0 aromatic heterocycles. The van der Waals surface area contributed by atoms with Crippen LogP contribution in [0.1, 0.15) is 44.0 Å². The summed E-state index contributed by atoms with van der Waals surface area (Å²) < 4.78 is 40.0. The Morgan fingerprint density at radius 1 is 1.19 bits per heavy atom. The van der Waals surface area contributed by atoms with Gasteiger partial charge < -0.3 is 10.4 Å². The molecule has 2 aromatic rings. The summed E-state index contributed by atoms with van der Waals surface area (Å²) in [7, 11) is 0. The van der Waals surface area contributed by atoms with Gasteiger partial charge in [0, 0.05) is 40.1 Å². The highest BCUT2D eigenvalue weighted by molar-refractivity contribution is 8.00. The molecule has 0 spiro atoms. The molecular weight excluding hydrogens is 459 g/mol. The Labute approximate surface area is 195 Å². The molecule has 1 saturated carbocycles. The summed E-state index contributed by atoms with van der Waals surface area (Å²) in [4.78, 5) is 13.4. The highest BCUT2D eigenvalue weighted by Gasteiger charge is 2.37. The fraction of sp³-hybridized carbons (Fsp3) is 0.458. The smallest absolute Gasteiger partial charge is 0.255 e. The van der Waals surface area contributed by atoms with Gasteiger partial charge in [-0.3, -0.25) is 4.79 Å². The first kappa shape index (κ1) is 24.9. The number of carbonyl (C=O) groups excluding carboxylic acids is 1. The molecule has 0 radical (unpaired) electrons. The number of hydrogen-bond donors (Lipinski definition) is 2. The van der Waals surface area contributed by atoms with Gasteiger partial charge in [0.2, 0.25) is 0 Å². The summed E-state index contributed by atoms with van der Waals surface area (Å²) in [5.41, 5.74) is 0.103. The van der Waals surface area contributed by atoms with Gasteiger partial charge in [-0.1, -0.05) is 32.4 Å². The second-order valence-corrected chi connectivity index (χ2v) is 10.5. The predicted molar refractivity (Wildman–Crippen MR) is 123 cm³/mol. The highest BCUT2D eigenvalue weighted by atomic mass is 35.5. The van der Waals surface area contributed by atoms with Gasteiger partial charge in [-0.2, -0.15) is 0 Å². The maximum atomic E-state index is 13.4. The van der Waals surface area contributed by atoms with Gasteiger partial charge in [-0.25, -0.2) is 13.2 Å². The van der Waals surface area contributed by atoms with Crippen LogP contribution in [0.5, 0.6) is 0 Å². The van der Waals surface area contributed by atoms with Crippen molar-refractivity contribution in [2.24, 2.45) is 23.7 Å². The van der Waals surface area contributed by atoms with Gasteiger partial charge in [-0.05, 0) is 54.7 Å². The quantitative estimate of drug-likeness (QED) is 0.443. The summed E-state index contributed by atoms with van der Waals surface area (Å²) in [5, 5.41) is 13.0. The predicted octanol–water partition coefficient (Wildman–Crippen LogP) is 6.78. The van der Waals surface area contributed by atoms with Gasteiger partial charge in [0.1, 0.15) is 0 Å².